The van der Waals surface area contributed by atoms with Crippen molar-refractivity contribution < 1.29 is 4.74 Å². The minimum absolute atomic E-state index is 0.535. The molecule has 1 rings (SSSR count). The normalized spacial score (nSPS) is 30.3. The molecule has 1 unspecified atom stereocenters. The van der Waals surface area contributed by atoms with Crippen LogP contribution in [0.3, 0.4) is 0 Å². The minimum atomic E-state index is 0.535. The Kier molecular flexibility index (Phi) is 3.31. The van der Waals surface area contributed by atoms with Crippen LogP contribution in [0.15, 0.2) is 12.8 Å². The molecule has 64 valence electrons. The Morgan fingerprint density at radius 3 is 3.09 bits per heavy atom. The average Bonchev–Trinajstić information content (AvgIpc) is 2.38. The van der Waals surface area contributed by atoms with Crippen LogP contribution in [-0.4, -0.2) is 18.1 Å². The summed E-state index contributed by atoms with van der Waals surface area (Å²) in [6.45, 7) is 6.70. The molecule has 1 nitrogen and oxygen atoms in total. The van der Waals surface area contributed by atoms with E-state index < -0.39 is 0 Å². The fourth-order valence-corrected chi connectivity index (χ4v) is 2.86. The van der Waals surface area contributed by atoms with Crippen LogP contribution in [0, 0.1) is 5.41 Å². The first-order valence-corrected chi connectivity index (χ1v) is 5.23. The maximum absolute atomic E-state index is 5.12. The summed E-state index contributed by atoms with van der Waals surface area (Å²) in [5.74, 6) is 2.62. The lowest BCUT2D eigenvalue weighted by Gasteiger charge is -2.21. The van der Waals surface area contributed by atoms with Gasteiger partial charge in [-0.2, -0.15) is 11.8 Å². The Hall–Kier alpha value is -0.110. The van der Waals surface area contributed by atoms with Crippen LogP contribution >= 0.6 is 11.8 Å². The summed E-state index contributed by atoms with van der Waals surface area (Å²) in [4.78, 5) is 0. The molecule has 0 aromatic heterocycles. The van der Waals surface area contributed by atoms with Gasteiger partial charge in [0.05, 0.1) is 12.9 Å². The largest absolute Gasteiger partial charge is 0.502 e. The average molecular weight is 172 g/mol. The summed E-state index contributed by atoms with van der Waals surface area (Å²) >= 11 is 2.06. The summed E-state index contributed by atoms with van der Waals surface area (Å²) in [5.41, 5.74) is 0.535. The van der Waals surface area contributed by atoms with E-state index in [2.05, 4.69) is 25.3 Å². The summed E-state index contributed by atoms with van der Waals surface area (Å²) in [6, 6.07) is 0. The Bertz CT molecular complexity index is 128. The second-order valence-corrected chi connectivity index (χ2v) is 4.51. The van der Waals surface area contributed by atoms with Gasteiger partial charge in [0.2, 0.25) is 0 Å². The fraction of sp³-hybridized carbons (Fsp3) is 0.778. The third-order valence-corrected chi connectivity index (χ3v) is 3.64. The molecule has 1 heterocycles. The second kappa shape index (κ2) is 4.05. The first kappa shape index (κ1) is 8.98. The molecule has 1 fully saturated rings. The van der Waals surface area contributed by atoms with E-state index in [0.29, 0.717) is 5.41 Å². The highest BCUT2D eigenvalue weighted by Crippen LogP contribution is 2.38. The lowest BCUT2D eigenvalue weighted by atomic mass is 9.87. The molecule has 0 bridgehead atoms. The van der Waals surface area contributed by atoms with E-state index in [1.54, 1.807) is 0 Å². The molecule has 0 spiro atoms. The van der Waals surface area contributed by atoms with E-state index in [4.69, 9.17) is 4.74 Å². The highest BCUT2D eigenvalue weighted by atomic mass is 32.2. The maximum Gasteiger partial charge on any atom is 0.0878 e. The fourth-order valence-electron chi connectivity index (χ4n) is 1.30. The van der Waals surface area contributed by atoms with Crippen LogP contribution < -0.4 is 0 Å². The number of hydrogen-bond acceptors (Lipinski definition) is 2. The zero-order chi connectivity index (χ0) is 8.16. The van der Waals surface area contributed by atoms with Crippen LogP contribution in [0.2, 0.25) is 0 Å². The van der Waals surface area contributed by atoms with Crippen molar-refractivity contribution in [3.8, 4) is 0 Å². The van der Waals surface area contributed by atoms with Crippen molar-refractivity contribution in [2.24, 2.45) is 5.41 Å². The Balaban J connectivity index is 2.17. The van der Waals surface area contributed by atoms with Gasteiger partial charge in [-0.05, 0) is 29.8 Å². The van der Waals surface area contributed by atoms with E-state index in [1.165, 1.54) is 30.6 Å². The smallest absolute Gasteiger partial charge is 0.0878 e. The first-order valence-electron chi connectivity index (χ1n) is 4.07. The van der Waals surface area contributed by atoms with E-state index in [1.807, 2.05) is 0 Å². The minimum Gasteiger partial charge on any atom is -0.502 e. The summed E-state index contributed by atoms with van der Waals surface area (Å²) in [5, 5.41) is 0. The van der Waals surface area contributed by atoms with Gasteiger partial charge in [0.25, 0.3) is 0 Å². The molecule has 1 aliphatic heterocycles. The van der Waals surface area contributed by atoms with Gasteiger partial charge in [0.15, 0.2) is 0 Å². The van der Waals surface area contributed by atoms with Crippen molar-refractivity contribution in [1.29, 1.82) is 0 Å². The molecule has 1 atom stereocenters. The molecule has 0 saturated carbocycles. The lowest BCUT2D eigenvalue weighted by molar-refractivity contribution is 0.191. The predicted molar refractivity (Wildman–Crippen MR) is 50.8 cm³/mol. The molecular weight excluding hydrogens is 156 g/mol. The molecule has 0 aromatic rings. The van der Waals surface area contributed by atoms with Crippen molar-refractivity contribution >= 4 is 11.8 Å². The molecule has 1 aliphatic rings. The van der Waals surface area contributed by atoms with Gasteiger partial charge in [-0.25, -0.2) is 0 Å². The Labute approximate surface area is 73.2 Å². The number of rotatable bonds is 4. The standard InChI is InChI=1S/C9H16OS/c1-3-10-6-4-9(2)5-7-11-8-9/h3H,1,4-8H2,2H3. The maximum atomic E-state index is 5.12. The van der Waals surface area contributed by atoms with Crippen LogP contribution in [0.4, 0.5) is 0 Å². The van der Waals surface area contributed by atoms with E-state index in [9.17, 15) is 0 Å². The topological polar surface area (TPSA) is 9.23 Å². The molecule has 0 aromatic carbocycles. The van der Waals surface area contributed by atoms with E-state index in [-0.39, 0.29) is 0 Å². The van der Waals surface area contributed by atoms with Gasteiger partial charge < -0.3 is 4.74 Å². The van der Waals surface area contributed by atoms with Gasteiger partial charge in [-0.3, -0.25) is 0 Å². The molecule has 0 amide bonds. The Morgan fingerprint density at radius 2 is 2.55 bits per heavy atom. The monoisotopic (exact) mass is 172 g/mol. The van der Waals surface area contributed by atoms with Crippen molar-refractivity contribution in [3.63, 3.8) is 0 Å². The van der Waals surface area contributed by atoms with Crippen molar-refractivity contribution in [2.75, 3.05) is 18.1 Å². The molecule has 0 radical (unpaired) electrons. The molecule has 0 aliphatic carbocycles. The second-order valence-electron chi connectivity index (χ2n) is 3.40. The molecular formula is C9H16OS. The number of hydrogen-bond donors (Lipinski definition) is 0. The number of ether oxygens (including phenoxy) is 1. The molecule has 11 heavy (non-hydrogen) atoms. The molecule has 2 heteroatoms. The first-order chi connectivity index (χ1) is 5.27. The third-order valence-electron chi connectivity index (χ3n) is 2.24. The summed E-state index contributed by atoms with van der Waals surface area (Å²) in [7, 11) is 0. The van der Waals surface area contributed by atoms with Crippen molar-refractivity contribution in [3.05, 3.63) is 12.8 Å². The van der Waals surface area contributed by atoms with Crippen LogP contribution in [0.5, 0.6) is 0 Å². The molecule has 0 N–H and O–H groups in total. The Morgan fingerprint density at radius 1 is 1.73 bits per heavy atom. The zero-order valence-electron chi connectivity index (χ0n) is 7.14. The van der Waals surface area contributed by atoms with Crippen LogP contribution in [0.25, 0.3) is 0 Å². The quantitative estimate of drug-likeness (QED) is 0.476. The van der Waals surface area contributed by atoms with E-state index >= 15 is 0 Å². The van der Waals surface area contributed by atoms with Crippen LogP contribution in [0.1, 0.15) is 19.8 Å². The van der Waals surface area contributed by atoms with Gasteiger partial charge >= 0.3 is 0 Å². The number of thioether (sulfide) groups is 1. The zero-order valence-corrected chi connectivity index (χ0v) is 7.95. The third kappa shape index (κ3) is 2.78. The van der Waals surface area contributed by atoms with Gasteiger partial charge in [-0.1, -0.05) is 13.5 Å². The van der Waals surface area contributed by atoms with Crippen LogP contribution in [-0.2, 0) is 4.74 Å². The molecule has 1 saturated heterocycles. The van der Waals surface area contributed by atoms with Gasteiger partial charge in [0, 0.05) is 0 Å². The highest BCUT2D eigenvalue weighted by Gasteiger charge is 2.28. The summed E-state index contributed by atoms with van der Waals surface area (Å²) in [6.07, 6.45) is 4.05. The lowest BCUT2D eigenvalue weighted by Crippen LogP contribution is -2.17. The van der Waals surface area contributed by atoms with Crippen molar-refractivity contribution in [1.82, 2.24) is 0 Å². The predicted octanol–water partition coefficient (Wildman–Crippen LogP) is 2.68. The van der Waals surface area contributed by atoms with Gasteiger partial charge in [0.1, 0.15) is 0 Å². The van der Waals surface area contributed by atoms with Gasteiger partial charge in [-0.15, -0.1) is 0 Å². The van der Waals surface area contributed by atoms with Crippen molar-refractivity contribution in [2.45, 2.75) is 19.8 Å². The van der Waals surface area contributed by atoms with E-state index in [0.717, 1.165) is 6.61 Å². The highest BCUT2D eigenvalue weighted by molar-refractivity contribution is 7.99. The summed E-state index contributed by atoms with van der Waals surface area (Å²) < 4.78 is 5.12. The SMILES string of the molecule is C=COCCC1(C)CCSC1.